The molecule has 128 valence electrons. The molecular weight excluding hydrogens is 314 g/mol. The van der Waals surface area contributed by atoms with Crippen LogP contribution < -0.4 is 4.74 Å². The van der Waals surface area contributed by atoms with Crippen LogP contribution in [0.5, 0.6) is 5.75 Å². The zero-order valence-corrected chi connectivity index (χ0v) is 15.2. The monoisotopic (exact) mass is 339 g/mol. The summed E-state index contributed by atoms with van der Waals surface area (Å²) in [5.41, 5.74) is 1.43. The number of sulfone groups is 1. The van der Waals surface area contributed by atoms with Crippen molar-refractivity contribution in [3.8, 4) is 5.75 Å². The average molecular weight is 339 g/mol. The first-order valence-corrected chi connectivity index (χ1v) is 9.53. The molecule has 6 heteroatoms. The normalized spacial score (nSPS) is 20.3. The Morgan fingerprint density at radius 1 is 1.30 bits per heavy atom. The zero-order chi connectivity index (χ0) is 17.4. The molecule has 0 N–H and O–H groups in total. The lowest BCUT2D eigenvalue weighted by atomic mass is 9.86. The van der Waals surface area contributed by atoms with Crippen molar-refractivity contribution in [2.45, 2.75) is 38.6 Å². The number of nitrogens with zero attached hydrogens (tertiary/aromatic N) is 1. The second-order valence-electron chi connectivity index (χ2n) is 7.14. The van der Waals surface area contributed by atoms with Crippen LogP contribution in [-0.4, -0.2) is 50.9 Å². The zero-order valence-electron chi connectivity index (χ0n) is 14.4. The lowest BCUT2D eigenvalue weighted by molar-refractivity contribution is 0.0744. The number of rotatable bonds is 3. The molecule has 1 amide bonds. The molecule has 0 spiro atoms. The number of amides is 1. The van der Waals surface area contributed by atoms with Crippen molar-refractivity contribution >= 4 is 15.7 Å². The Labute approximate surface area is 138 Å². The van der Waals surface area contributed by atoms with Crippen molar-refractivity contribution in [1.29, 1.82) is 0 Å². The molecule has 0 aromatic heterocycles. The van der Waals surface area contributed by atoms with Gasteiger partial charge in [0.1, 0.15) is 5.75 Å². The van der Waals surface area contributed by atoms with Crippen molar-refractivity contribution in [2.24, 2.45) is 0 Å². The highest BCUT2D eigenvalue weighted by atomic mass is 32.2. The summed E-state index contributed by atoms with van der Waals surface area (Å²) >= 11 is 0. The van der Waals surface area contributed by atoms with Gasteiger partial charge in [0.15, 0.2) is 9.84 Å². The van der Waals surface area contributed by atoms with E-state index in [4.69, 9.17) is 4.74 Å². The van der Waals surface area contributed by atoms with Gasteiger partial charge in [-0.05, 0) is 29.5 Å². The van der Waals surface area contributed by atoms with E-state index in [1.165, 1.54) is 12.0 Å². The van der Waals surface area contributed by atoms with Crippen LogP contribution in [0.4, 0.5) is 0 Å². The highest BCUT2D eigenvalue weighted by molar-refractivity contribution is 7.91. The van der Waals surface area contributed by atoms with E-state index in [0.29, 0.717) is 17.7 Å². The molecule has 1 aliphatic rings. The lowest BCUT2D eigenvalue weighted by Crippen LogP contribution is -2.38. The van der Waals surface area contributed by atoms with Gasteiger partial charge < -0.3 is 9.64 Å². The smallest absolute Gasteiger partial charge is 0.257 e. The highest BCUT2D eigenvalue weighted by Crippen LogP contribution is 2.29. The van der Waals surface area contributed by atoms with Crippen molar-refractivity contribution in [3.63, 3.8) is 0 Å². The van der Waals surface area contributed by atoms with Crippen molar-refractivity contribution in [1.82, 2.24) is 4.90 Å². The Morgan fingerprint density at radius 2 is 1.96 bits per heavy atom. The Morgan fingerprint density at radius 3 is 2.43 bits per heavy atom. The largest absolute Gasteiger partial charge is 0.496 e. The predicted molar refractivity (Wildman–Crippen MR) is 90.8 cm³/mol. The Balaban J connectivity index is 2.34. The topological polar surface area (TPSA) is 63.7 Å². The third kappa shape index (κ3) is 3.86. The fourth-order valence-electron chi connectivity index (χ4n) is 2.78. The molecule has 5 nitrogen and oxygen atoms in total. The molecule has 0 aliphatic carbocycles. The van der Waals surface area contributed by atoms with Gasteiger partial charge in [0.25, 0.3) is 5.91 Å². The lowest BCUT2D eigenvalue weighted by Gasteiger charge is -2.26. The van der Waals surface area contributed by atoms with Crippen LogP contribution in [0, 0.1) is 0 Å². The van der Waals surface area contributed by atoms with E-state index < -0.39 is 9.84 Å². The van der Waals surface area contributed by atoms with Gasteiger partial charge in [-0.2, -0.15) is 0 Å². The van der Waals surface area contributed by atoms with Crippen molar-refractivity contribution in [3.05, 3.63) is 29.3 Å². The van der Waals surface area contributed by atoms with Crippen molar-refractivity contribution in [2.75, 3.05) is 25.7 Å². The minimum Gasteiger partial charge on any atom is -0.496 e. The van der Waals surface area contributed by atoms with Crippen molar-refractivity contribution < 1.29 is 17.9 Å². The first-order valence-electron chi connectivity index (χ1n) is 7.71. The summed E-state index contributed by atoms with van der Waals surface area (Å²) in [7, 11) is 0.166. The molecular formula is C17H25NO4S. The van der Waals surface area contributed by atoms with Crippen LogP contribution in [0.25, 0.3) is 0 Å². The number of ether oxygens (including phenoxy) is 1. The molecule has 1 aromatic carbocycles. The third-order valence-corrected chi connectivity index (χ3v) is 6.12. The van der Waals surface area contributed by atoms with E-state index >= 15 is 0 Å². The first-order chi connectivity index (χ1) is 10.5. The summed E-state index contributed by atoms with van der Waals surface area (Å²) in [6.07, 6.45) is 0.492. The maximum atomic E-state index is 12.9. The van der Waals surface area contributed by atoms with Crippen LogP contribution in [-0.2, 0) is 15.3 Å². The molecule has 1 atom stereocenters. The second-order valence-corrected chi connectivity index (χ2v) is 9.37. The molecule has 0 saturated carbocycles. The van der Waals surface area contributed by atoms with Crippen LogP contribution in [0.1, 0.15) is 43.1 Å². The van der Waals surface area contributed by atoms with E-state index in [-0.39, 0.29) is 28.9 Å². The summed E-state index contributed by atoms with van der Waals surface area (Å²) in [6.45, 7) is 6.24. The number of methoxy groups -OCH3 is 1. The molecule has 1 aromatic rings. The van der Waals surface area contributed by atoms with E-state index in [9.17, 15) is 13.2 Å². The van der Waals surface area contributed by atoms with Gasteiger partial charge in [0.05, 0.1) is 24.2 Å². The van der Waals surface area contributed by atoms with Crippen LogP contribution in [0.2, 0.25) is 0 Å². The van der Waals surface area contributed by atoms with Gasteiger partial charge in [-0.1, -0.05) is 26.8 Å². The maximum Gasteiger partial charge on any atom is 0.257 e. The fraction of sp³-hybridized carbons (Fsp3) is 0.588. The fourth-order valence-corrected chi connectivity index (χ4v) is 4.55. The molecule has 2 rings (SSSR count). The van der Waals surface area contributed by atoms with Gasteiger partial charge in [0.2, 0.25) is 0 Å². The minimum atomic E-state index is -3.03. The highest BCUT2D eigenvalue weighted by Gasteiger charge is 2.34. The molecule has 1 aliphatic heterocycles. The molecule has 23 heavy (non-hydrogen) atoms. The Hall–Kier alpha value is -1.56. The van der Waals surface area contributed by atoms with Crippen LogP contribution >= 0.6 is 0 Å². The van der Waals surface area contributed by atoms with E-state index in [1.54, 1.807) is 13.1 Å². The van der Waals surface area contributed by atoms with E-state index in [2.05, 4.69) is 20.8 Å². The van der Waals surface area contributed by atoms with Gasteiger partial charge in [-0.3, -0.25) is 4.79 Å². The second kappa shape index (κ2) is 6.15. The summed E-state index contributed by atoms with van der Waals surface area (Å²) in [6, 6.07) is 5.33. The molecule has 0 radical (unpaired) electrons. The van der Waals surface area contributed by atoms with Gasteiger partial charge in [-0.15, -0.1) is 0 Å². The summed E-state index contributed by atoms with van der Waals surface area (Å²) in [5, 5.41) is 0. The predicted octanol–water partition coefficient (Wildman–Crippen LogP) is 2.25. The molecule has 1 heterocycles. The van der Waals surface area contributed by atoms with Gasteiger partial charge >= 0.3 is 0 Å². The number of carbonyl (C=O) groups excluding carboxylic acids is 1. The minimum absolute atomic E-state index is 0.0382. The summed E-state index contributed by atoms with van der Waals surface area (Å²) in [4.78, 5) is 14.4. The standard InChI is InChI=1S/C17H25NO4S/c1-17(2,3)12-6-7-15(22-5)14(10-12)16(19)18(4)13-8-9-23(20,21)11-13/h6-7,10,13H,8-9,11H2,1-5H3. The molecule has 1 fully saturated rings. The maximum absolute atomic E-state index is 12.9. The van der Waals surface area contributed by atoms with Gasteiger partial charge in [0, 0.05) is 13.1 Å². The number of carbonyl (C=O) groups is 1. The first kappa shape index (κ1) is 17.8. The van der Waals surface area contributed by atoms with E-state index in [1.807, 2.05) is 12.1 Å². The Kier molecular flexibility index (Phi) is 4.76. The van der Waals surface area contributed by atoms with Crippen LogP contribution in [0.3, 0.4) is 0 Å². The quantitative estimate of drug-likeness (QED) is 0.847. The van der Waals surface area contributed by atoms with Crippen LogP contribution in [0.15, 0.2) is 18.2 Å². The average Bonchev–Trinajstić information content (AvgIpc) is 2.84. The third-order valence-electron chi connectivity index (χ3n) is 4.37. The number of hydrogen-bond donors (Lipinski definition) is 0. The number of hydrogen-bond acceptors (Lipinski definition) is 4. The molecule has 1 saturated heterocycles. The number of benzene rings is 1. The summed E-state index contributed by atoms with van der Waals surface area (Å²) < 4.78 is 28.6. The molecule has 1 unspecified atom stereocenters. The van der Waals surface area contributed by atoms with Gasteiger partial charge in [-0.25, -0.2) is 8.42 Å². The Bertz CT molecular complexity index is 704. The van der Waals surface area contributed by atoms with E-state index in [0.717, 1.165) is 5.56 Å². The molecule has 0 bridgehead atoms. The SMILES string of the molecule is COc1ccc(C(C)(C)C)cc1C(=O)N(C)C1CCS(=O)(=O)C1. The summed E-state index contributed by atoms with van der Waals surface area (Å²) in [5.74, 6) is 0.496.